The number of rotatable bonds is 6. The van der Waals surface area contributed by atoms with Crippen molar-refractivity contribution in [2.24, 2.45) is 16.3 Å². The maximum absolute atomic E-state index is 10.9. The van der Waals surface area contributed by atoms with Crippen molar-refractivity contribution in [2.75, 3.05) is 32.8 Å². The maximum atomic E-state index is 10.9. The molecule has 6 nitrogen and oxygen atoms in total. The lowest BCUT2D eigenvalue weighted by Gasteiger charge is -2.39. The third-order valence-electron chi connectivity index (χ3n) is 3.92. The Kier molecular flexibility index (Phi) is 8.37. The molecule has 1 heterocycles. The molecule has 6 heteroatoms. The van der Waals surface area contributed by atoms with Gasteiger partial charge in [-0.25, -0.2) is 0 Å². The highest BCUT2D eigenvalue weighted by Crippen LogP contribution is 2.34. The highest BCUT2D eigenvalue weighted by molar-refractivity contribution is 5.79. The smallest absolute Gasteiger partial charge is 0.216 e. The molecule has 0 aromatic carbocycles. The summed E-state index contributed by atoms with van der Waals surface area (Å²) in [6.07, 6.45) is 2.53. The van der Waals surface area contributed by atoms with Gasteiger partial charge in [0.25, 0.3) is 0 Å². The first-order chi connectivity index (χ1) is 10.8. The Morgan fingerprint density at radius 3 is 2.52 bits per heavy atom. The number of carbonyl (C=O) groups excluding carboxylic acids is 1. The third kappa shape index (κ3) is 7.68. The van der Waals surface area contributed by atoms with Crippen molar-refractivity contribution >= 4 is 11.9 Å². The van der Waals surface area contributed by atoms with Gasteiger partial charge in [-0.05, 0) is 25.2 Å². The molecule has 0 spiro atoms. The number of nitrogens with zero attached hydrogens (tertiary/aromatic N) is 1. The van der Waals surface area contributed by atoms with E-state index in [-0.39, 0.29) is 17.4 Å². The molecule has 1 aliphatic rings. The average Bonchev–Trinajstić information content (AvgIpc) is 2.48. The maximum Gasteiger partial charge on any atom is 0.216 e. The van der Waals surface area contributed by atoms with E-state index < -0.39 is 0 Å². The zero-order valence-electron chi connectivity index (χ0n) is 15.4. The van der Waals surface area contributed by atoms with E-state index in [1.165, 1.54) is 6.92 Å². The summed E-state index contributed by atoms with van der Waals surface area (Å²) in [7, 11) is 0. The average molecular weight is 326 g/mol. The number of hydrogen-bond acceptors (Lipinski definition) is 3. The first kappa shape index (κ1) is 19.7. The van der Waals surface area contributed by atoms with E-state index in [1.54, 1.807) is 0 Å². The fraction of sp³-hybridized carbons (Fsp3) is 0.882. The molecule has 0 aromatic heterocycles. The fourth-order valence-corrected chi connectivity index (χ4v) is 2.96. The van der Waals surface area contributed by atoms with Gasteiger partial charge >= 0.3 is 0 Å². The molecule has 134 valence electrons. The minimum absolute atomic E-state index is 0.0129. The first-order valence-corrected chi connectivity index (χ1v) is 8.72. The predicted molar refractivity (Wildman–Crippen MR) is 94.6 cm³/mol. The van der Waals surface area contributed by atoms with Crippen molar-refractivity contribution in [2.45, 2.75) is 53.6 Å². The molecule has 1 aliphatic heterocycles. The van der Waals surface area contributed by atoms with Crippen LogP contribution in [0.5, 0.6) is 0 Å². The second-order valence-corrected chi connectivity index (χ2v) is 7.19. The van der Waals surface area contributed by atoms with Gasteiger partial charge in [0.15, 0.2) is 5.96 Å². The molecule has 2 unspecified atom stereocenters. The molecule has 1 saturated heterocycles. The molecule has 1 rings (SSSR count). The molecule has 0 aliphatic carbocycles. The van der Waals surface area contributed by atoms with Crippen molar-refractivity contribution in [1.82, 2.24) is 16.0 Å². The summed E-state index contributed by atoms with van der Waals surface area (Å²) in [5.41, 5.74) is 0.137. The molecular weight excluding hydrogens is 292 g/mol. The van der Waals surface area contributed by atoms with Crippen LogP contribution in [0.3, 0.4) is 0 Å². The van der Waals surface area contributed by atoms with Gasteiger partial charge < -0.3 is 20.7 Å². The second kappa shape index (κ2) is 9.75. The summed E-state index contributed by atoms with van der Waals surface area (Å²) in [6, 6.07) is 0. The third-order valence-corrected chi connectivity index (χ3v) is 3.92. The normalized spacial score (nSPS) is 22.6. The summed E-state index contributed by atoms with van der Waals surface area (Å²) in [5, 5.41) is 9.27. The molecule has 1 fully saturated rings. The van der Waals surface area contributed by atoms with Crippen molar-refractivity contribution in [1.29, 1.82) is 0 Å². The Morgan fingerprint density at radius 1 is 1.22 bits per heavy atom. The van der Waals surface area contributed by atoms with Crippen LogP contribution in [0.25, 0.3) is 0 Å². The molecular formula is C17H34N4O2. The van der Waals surface area contributed by atoms with Crippen LogP contribution in [0.2, 0.25) is 0 Å². The van der Waals surface area contributed by atoms with Gasteiger partial charge in [0.05, 0.1) is 6.10 Å². The largest absolute Gasteiger partial charge is 0.377 e. The van der Waals surface area contributed by atoms with E-state index in [0.29, 0.717) is 19.0 Å². The number of nitrogens with one attached hydrogen (secondary N) is 3. The van der Waals surface area contributed by atoms with Crippen LogP contribution in [-0.2, 0) is 9.53 Å². The van der Waals surface area contributed by atoms with Crippen LogP contribution in [0, 0.1) is 11.3 Å². The van der Waals surface area contributed by atoms with Gasteiger partial charge in [-0.2, -0.15) is 0 Å². The van der Waals surface area contributed by atoms with Crippen LogP contribution in [0.4, 0.5) is 0 Å². The number of hydrogen-bond donors (Lipinski definition) is 3. The van der Waals surface area contributed by atoms with Gasteiger partial charge in [-0.15, -0.1) is 0 Å². The van der Waals surface area contributed by atoms with Crippen molar-refractivity contribution < 1.29 is 9.53 Å². The number of aliphatic imine (C=N–C) groups is 1. The Balaban J connectivity index is 2.55. The van der Waals surface area contributed by atoms with E-state index in [9.17, 15) is 4.79 Å². The quantitative estimate of drug-likeness (QED) is 0.393. The predicted octanol–water partition coefficient (Wildman–Crippen LogP) is 1.52. The number of amides is 1. The standard InChI is InChI=1S/C17H34N4O2/c1-6-18-16(20-10-9-19-13(2)22)21-12-14-8-7-11-23-15(14)17(3,4)5/h14-15H,6-12H2,1-5H3,(H,19,22)(H2,18,20,21). The van der Waals surface area contributed by atoms with Crippen LogP contribution in [0.15, 0.2) is 4.99 Å². The van der Waals surface area contributed by atoms with Crippen molar-refractivity contribution in [3.8, 4) is 0 Å². The lowest BCUT2D eigenvalue weighted by Crippen LogP contribution is -2.43. The zero-order chi connectivity index (χ0) is 17.3. The van der Waals surface area contributed by atoms with Crippen LogP contribution < -0.4 is 16.0 Å². The van der Waals surface area contributed by atoms with E-state index >= 15 is 0 Å². The Bertz CT molecular complexity index is 391. The number of ether oxygens (including phenoxy) is 1. The van der Waals surface area contributed by atoms with Gasteiger partial charge in [0, 0.05) is 45.6 Å². The summed E-state index contributed by atoms with van der Waals surface area (Å²) < 4.78 is 6.01. The van der Waals surface area contributed by atoms with Gasteiger partial charge in [-0.3, -0.25) is 9.79 Å². The summed E-state index contributed by atoms with van der Waals surface area (Å²) >= 11 is 0. The number of guanidine groups is 1. The van der Waals surface area contributed by atoms with Crippen molar-refractivity contribution in [3.63, 3.8) is 0 Å². The lowest BCUT2D eigenvalue weighted by atomic mass is 9.78. The molecule has 3 N–H and O–H groups in total. The monoisotopic (exact) mass is 326 g/mol. The van der Waals surface area contributed by atoms with Gasteiger partial charge in [-0.1, -0.05) is 20.8 Å². The van der Waals surface area contributed by atoms with Gasteiger partial charge in [0.2, 0.25) is 5.91 Å². The second-order valence-electron chi connectivity index (χ2n) is 7.19. The summed E-state index contributed by atoms with van der Waals surface area (Å²) in [5.74, 6) is 1.24. The summed E-state index contributed by atoms with van der Waals surface area (Å²) in [6.45, 7) is 14.0. The Labute approximate surface area is 140 Å². The minimum Gasteiger partial charge on any atom is -0.377 e. The molecule has 2 atom stereocenters. The lowest BCUT2D eigenvalue weighted by molar-refractivity contribution is -0.118. The molecule has 0 aromatic rings. The molecule has 23 heavy (non-hydrogen) atoms. The van der Waals surface area contributed by atoms with Crippen LogP contribution >= 0.6 is 0 Å². The summed E-state index contributed by atoms with van der Waals surface area (Å²) in [4.78, 5) is 15.6. The zero-order valence-corrected chi connectivity index (χ0v) is 15.4. The van der Waals surface area contributed by atoms with E-state index in [2.05, 4.69) is 36.7 Å². The van der Waals surface area contributed by atoms with Gasteiger partial charge in [0.1, 0.15) is 0 Å². The SMILES string of the molecule is CCNC(=NCC1CCCOC1C(C)(C)C)NCCNC(C)=O. The Morgan fingerprint density at radius 2 is 1.91 bits per heavy atom. The first-order valence-electron chi connectivity index (χ1n) is 8.72. The molecule has 1 amide bonds. The highest BCUT2D eigenvalue weighted by Gasteiger charge is 2.35. The topological polar surface area (TPSA) is 74.8 Å². The van der Waals surface area contributed by atoms with E-state index in [0.717, 1.165) is 38.5 Å². The number of carbonyl (C=O) groups is 1. The van der Waals surface area contributed by atoms with Crippen molar-refractivity contribution in [3.05, 3.63) is 0 Å². The highest BCUT2D eigenvalue weighted by atomic mass is 16.5. The van der Waals surface area contributed by atoms with Crippen LogP contribution in [0.1, 0.15) is 47.5 Å². The Hall–Kier alpha value is -1.30. The fourth-order valence-electron chi connectivity index (χ4n) is 2.96. The molecule has 0 bridgehead atoms. The van der Waals surface area contributed by atoms with E-state index in [4.69, 9.17) is 9.73 Å². The molecule has 0 radical (unpaired) electrons. The van der Waals surface area contributed by atoms with Crippen LogP contribution in [-0.4, -0.2) is 50.8 Å². The molecule has 0 saturated carbocycles. The van der Waals surface area contributed by atoms with E-state index in [1.807, 2.05) is 6.92 Å². The minimum atomic E-state index is -0.0129.